The van der Waals surface area contributed by atoms with E-state index in [1.54, 1.807) is 0 Å². The van der Waals surface area contributed by atoms with E-state index in [0.717, 1.165) is 37.4 Å². The lowest BCUT2D eigenvalue weighted by atomic mass is 10.1. The second-order valence-corrected chi connectivity index (χ2v) is 6.34. The lowest BCUT2D eigenvalue weighted by Crippen LogP contribution is -2.25. The summed E-state index contributed by atoms with van der Waals surface area (Å²) < 4.78 is 11.3. The summed E-state index contributed by atoms with van der Waals surface area (Å²) in [5.41, 5.74) is 2.22. The van der Waals surface area contributed by atoms with E-state index >= 15 is 0 Å². The minimum Gasteiger partial charge on any atom is -0.489 e. The molecule has 1 fully saturated rings. The highest BCUT2D eigenvalue weighted by Gasteiger charge is 2.24. The molecule has 0 bridgehead atoms. The van der Waals surface area contributed by atoms with Crippen molar-refractivity contribution in [3.8, 4) is 5.75 Å². The number of benzene rings is 2. The molecule has 2 aromatic rings. The molecule has 1 saturated heterocycles. The normalized spacial score (nSPS) is 17.4. The van der Waals surface area contributed by atoms with Gasteiger partial charge in [0, 0.05) is 25.2 Å². The summed E-state index contributed by atoms with van der Waals surface area (Å²) >= 11 is 0. The van der Waals surface area contributed by atoms with Gasteiger partial charge in [0.05, 0.1) is 13.0 Å². The fourth-order valence-corrected chi connectivity index (χ4v) is 3.19. The fraction of sp³-hybridized carbons (Fsp3) is 0.381. The molecule has 1 aliphatic heterocycles. The standard InChI is InChI=1S/C21H25NO3/c1-2-24-21(23)14-18-10-6-7-11-20(18)25-19-12-13-22(16-19)15-17-8-4-3-5-9-17/h3-11,19H,2,12-16H2,1H3/t19-/m0/s1. The molecule has 4 nitrogen and oxygen atoms in total. The molecule has 1 aliphatic rings. The summed E-state index contributed by atoms with van der Waals surface area (Å²) in [4.78, 5) is 14.2. The maximum absolute atomic E-state index is 11.8. The number of nitrogens with zero attached hydrogens (tertiary/aromatic N) is 1. The van der Waals surface area contributed by atoms with E-state index in [-0.39, 0.29) is 18.5 Å². The maximum atomic E-state index is 11.8. The Labute approximate surface area is 149 Å². The molecular formula is C21H25NO3. The monoisotopic (exact) mass is 339 g/mol. The molecule has 0 spiro atoms. The van der Waals surface area contributed by atoms with E-state index in [4.69, 9.17) is 9.47 Å². The van der Waals surface area contributed by atoms with E-state index in [2.05, 4.69) is 29.2 Å². The third-order valence-electron chi connectivity index (χ3n) is 4.38. The van der Waals surface area contributed by atoms with Crippen LogP contribution in [0.3, 0.4) is 0 Å². The number of esters is 1. The second-order valence-electron chi connectivity index (χ2n) is 6.34. The largest absolute Gasteiger partial charge is 0.489 e. The van der Waals surface area contributed by atoms with Gasteiger partial charge in [0.15, 0.2) is 0 Å². The zero-order valence-corrected chi connectivity index (χ0v) is 14.7. The van der Waals surface area contributed by atoms with Crippen LogP contribution in [-0.4, -0.2) is 36.7 Å². The van der Waals surface area contributed by atoms with Gasteiger partial charge < -0.3 is 9.47 Å². The van der Waals surface area contributed by atoms with Crippen molar-refractivity contribution < 1.29 is 14.3 Å². The molecule has 132 valence electrons. The van der Waals surface area contributed by atoms with Crippen molar-refractivity contribution in [2.75, 3.05) is 19.7 Å². The predicted molar refractivity (Wildman–Crippen MR) is 97.5 cm³/mol. The van der Waals surface area contributed by atoms with Crippen molar-refractivity contribution in [1.29, 1.82) is 0 Å². The average Bonchev–Trinajstić information content (AvgIpc) is 3.05. The van der Waals surface area contributed by atoms with Gasteiger partial charge in [-0.2, -0.15) is 0 Å². The topological polar surface area (TPSA) is 38.8 Å². The van der Waals surface area contributed by atoms with E-state index < -0.39 is 0 Å². The number of likely N-dealkylation sites (tertiary alicyclic amines) is 1. The lowest BCUT2D eigenvalue weighted by Gasteiger charge is -2.18. The van der Waals surface area contributed by atoms with Gasteiger partial charge in [-0.25, -0.2) is 0 Å². The number of para-hydroxylation sites is 1. The molecule has 25 heavy (non-hydrogen) atoms. The van der Waals surface area contributed by atoms with Crippen molar-refractivity contribution in [2.45, 2.75) is 32.4 Å². The van der Waals surface area contributed by atoms with Gasteiger partial charge in [-0.15, -0.1) is 0 Å². The summed E-state index contributed by atoms with van der Waals surface area (Å²) in [7, 11) is 0. The van der Waals surface area contributed by atoms with Crippen LogP contribution in [0, 0.1) is 0 Å². The Hall–Kier alpha value is -2.33. The van der Waals surface area contributed by atoms with Gasteiger partial charge in [-0.3, -0.25) is 9.69 Å². The molecule has 0 aromatic heterocycles. The van der Waals surface area contributed by atoms with E-state index in [0.29, 0.717) is 6.61 Å². The molecule has 0 unspecified atom stereocenters. The predicted octanol–water partition coefficient (Wildman–Crippen LogP) is 3.45. The van der Waals surface area contributed by atoms with E-state index in [1.165, 1.54) is 5.56 Å². The zero-order chi connectivity index (χ0) is 17.5. The summed E-state index contributed by atoms with van der Waals surface area (Å²) in [5.74, 6) is 0.581. The molecule has 0 N–H and O–H groups in total. The van der Waals surface area contributed by atoms with Gasteiger partial charge in [0.1, 0.15) is 11.9 Å². The van der Waals surface area contributed by atoms with Crippen LogP contribution < -0.4 is 4.74 Å². The Morgan fingerprint density at radius 2 is 1.88 bits per heavy atom. The van der Waals surface area contributed by atoms with Crippen molar-refractivity contribution in [1.82, 2.24) is 4.90 Å². The van der Waals surface area contributed by atoms with Gasteiger partial charge in [-0.05, 0) is 25.0 Å². The summed E-state index contributed by atoms with van der Waals surface area (Å²) in [6.07, 6.45) is 1.41. The zero-order valence-electron chi connectivity index (χ0n) is 14.7. The smallest absolute Gasteiger partial charge is 0.310 e. The first kappa shape index (κ1) is 17.5. The van der Waals surface area contributed by atoms with Crippen molar-refractivity contribution in [3.05, 3.63) is 65.7 Å². The maximum Gasteiger partial charge on any atom is 0.310 e. The van der Waals surface area contributed by atoms with Gasteiger partial charge >= 0.3 is 5.97 Å². The SMILES string of the molecule is CCOC(=O)Cc1ccccc1O[C@H]1CCN(Cc2ccccc2)C1. The molecule has 0 radical (unpaired) electrons. The third-order valence-corrected chi connectivity index (χ3v) is 4.38. The van der Waals surface area contributed by atoms with Crippen LogP contribution in [0.1, 0.15) is 24.5 Å². The summed E-state index contributed by atoms with van der Waals surface area (Å²) in [6, 6.07) is 18.2. The third kappa shape index (κ3) is 5.07. The number of hydrogen-bond acceptors (Lipinski definition) is 4. The average molecular weight is 339 g/mol. The Kier molecular flexibility index (Phi) is 6.07. The van der Waals surface area contributed by atoms with E-state index in [9.17, 15) is 4.79 Å². The Balaban J connectivity index is 1.57. The first-order chi connectivity index (χ1) is 12.2. The fourth-order valence-electron chi connectivity index (χ4n) is 3.19. The highest BCUT2D eigenvalue weighted by Crippen LogP contribution is 2.24. The number of rotatable bonds is 7. The van der Waals surface area contributed by atoms with E-state index in [1.807, 2.05) is 37.3 Å². The Morgan fingerprint density at radius 1 is 1.12 bits per heavy atom. The van der Waals surface area contributed by atoms with Gasteiger partial charge in [0.25, 0.3) is 0 Å². The van der Waals surface area contributed by atoms with Crippen LogP contribution in [0.25, 0.3) is 0 Å². The number of carbonyl (C=O) groups is 1. The molecule has 4 heteroatoms. The second kappa shape index (κ2) is 8.67. The Morgan fingerprint density at radius 3 is 2.68 bits per heavy atom. The minimum absolute atomic E-state index is 0.159. The highest BCUT2D eigenvalue weighted by atomic mass is 16.5. The van der Waals surface area contributed by atoms with Crippen LogP contribution in [-0.2, 0) is 22.5 Å². The van der Waals surface area contributed by atoms with Crippen LogP contribution in [0.2, 0.25) is 0 Å². The first-order valence-corrected chi connectivity index (χ1v) is 8.91. The quantitative estimate of drug-likeness (QED) is 0.724. The molecule has 0 saturated carbocycles. The molecular weight excluding hydrogens is 314 g/mol. The van der Waals surface area contributed by atoms with Gasteiger partial charge in [-0.1, -0.05) is 48.5 Å². The lowest BCUT2D eigenvalue weighted by molar-refractivity contribution is -0.142. The summed E-state index contributed by atoms with van der Waals surface area (Å²) in [6.45, 7) is 5.10. The number of carbonyl (C=O) groups excluding carboxylic acids is 1. The Bertz CT molecular complexity index is 687. The number of hydrogen-bond donors (Lipinski definition) is 0. The van der Waals surface area contributed by atoms with Crippen molar-refractivity contribution in [3.63, 3.8) is 0 Å². The summed E-state index contributed by atoms with van der Waals surface area (Å²) in [5, 5.41) is 0. The van der Waals surface area contributed by atoms with Crippen LogP contribution in [0.4, 0.5) is 0 Å². The molecule has 3 rings (SSSR count). The van der Waals surface area contributed by atoms with Crippen LogP contribution in [0.5, 0.6) is 5.75 Å². The molecule has 1 heterocycles. The minimum atomic E-state index is -0.212. The number of ether oxygens (including phenoxy) is 2. The first-order valence-electron chi connectivity index (χ1n) is 8.91. The van der Waals surface area contributed by atoms with Crippen molar-refractivity contribution >= 4 is 5.97 Å². The van der Waals surface area contributed by atoms with Crippen LogP contribution >= 0.6 is 0 Å². The molecule has 0 aliphatic carbocycles. The van der Waals surface area contributed by atoms with Crippen molar-refractivity contribution in [2.24, 2.45) is 0 Å². The molecule has 0 amide bonds. The van der Waals surface area contributed by atoms with Crippen LogP contribution in [0.15, 0.2) is 54.6 Å². The van der Waals surface area contributed by atoms with Gasteiger partial charge in [0.2, 0.25) is 0 Å². The molecule has 1 atom stereocenters. The molecule has 2 aromatic carbocycles. The highest BCUT2D eigenvalue weighted by molar-refractivity contribution is 5.73.